The van der Waals surface area contributed by atoms with Gasteiger partial charge >= 0.3 is 0 Å². The molecule has 1 fully saturated rings. The summed E-state index contributed by atoms with van der Waals surface area (Å²) in [4.78, 5) is 11.8. The van der Waals surface area contributed by atoms with Crippen LogP contribution in [0.4, 0.5) is 20.4 Å². The Hall–Kier alpha value is -2.16. The summed E-state index contributed by atoms with van der Waals surface area (Å²) < 4.78 is 28.0. The standard InChI is InChI=1S/C13H13F2N5OS/c14-7-1-4-10(9(15)5-7)17-11(21)6-22-13-19-18-12(16)20(13)8-2-3-8/h1,4-5,8H,2-3,6H2,(H2,16,18)(H,17,21). The van der Waals surface area contributed by atoms with Crippen molar-refractivity contribution < 1.29 is 13.6 Å². The highest BCUT2D eigenvalue weighted by molar-refractivity contribution is 7.99. The van der Waals surface area contributed by atoms with E-state index in [1.165, 1.54) is 17.8 Å². The zero-order valence-corrected chi connectivity index (χ0v) is 12.2. The van der Waals surface area contributed by atoms with Crippen molar-refractivity contribution in [1.82, 2.24) is 14.8 Å². The van der Waals surface area contributed by atoms with E-state index in [-0.39, 0.29) is 11.4 Å². The summed E-state index contributed by atoms with van der Waals surface area (Å²) in [7, 11) is 0. The number of hydrogen-bond donors (Lipinski definition) is 2. The molecule has 3 N–H and O–H groups in total. The molecule has 1 amide bonds. The summed E-state index contributed by atoms with van der Waals surface area (Å²) in [5, 5.41) is 10.7. The van der Waals surface area contributed by atoms with E-state index in [1.807, 2.05) is 0 Å². The third kappa shape index (κ3) is 3.19. The largest absolute Gasteiger partial charge is 0.368 e. The van der Waals surface area contributed by atoms with Crippen molar-refractivity contribution in [2.75, 3.05) is 16.8 Å². The average molecular weight is 325 g/mol. The number of rotatable bonds is 5. The third-order valence-corrected chi connectivity index (χ3v) is 4.08. The van der Waals surface area contributed by atoms with Crippen LogP contribution in [0.3, 0.4) is 0 Å². The normalized spacial score (nSPS) is 14.1. The molecule has 0 unspecified atom stereocenters. The van der Waals surface area contributed by atoms with Gasteiger partial charge in [0.2, 0.25) is 11.9 Å². The quantitative estimate of drug-likeness (QED) is 0.823. The highest BCUT2D eigenvalue weighted by Gasteiger charge is 2.29. The van der Waals surface area contributed by atoms with Crippen LogP contribution in [0, 0.1) is 11.6 Å². The van der Waals surface area contributed by atoms with Crippen molar-refractivity contribution in [2.24, 2.45) is 0 Å². The van der Waals surface area contributed by atoms with Crippen molar-refractivity contribution in [3.8, 4) is 0 Å². The maximum atomic E-state index is 13.5. The first kappa shape index (κ1) is 14.8. The van der Waals surface area contributed by atoms with E-state index < -0.39 is 17.5 Å². The summed E-state index contributed by atoms with van der Waals surface area (Å²) in [6.45, 7) is 0. The first-order chi connectivity index (χ1) is 10.5. The number of hydrogen-bond acceptors (Lipinski definition) is 5. The van der Waals surface area contributed by atoms with Gasteiger partial charge in [-0.3, -0.25) is 9.36 Å². The zero-order valence-electron chi connectivity index (χ0n) is 11.4. The molecule has 1 heterocycles. The maximum absolute atomic E-state index is 13.5. The first-order valence-electron chi connectivity index (χ1n) is 6.62. The number of carbonyl (C=O) groups is 1. The number of amides is 1. The predicted molar refractivity (Wildman–Crippen MR) is 78.4 cm³/mol. The van der Waals surface area contributed by atoms with Crippen LogP contribution in [-0.4, -0.2) is 26.4 Å². The fraction of sp³-hybridized carbons (Fsp3) is 0.308. The Balaban J connectivity index is 1.61. The number of nitrogens with zero attached hydrogens (tertiary/aromatic N) is 3. The van der Waals surface area contributed by atoms with Gasteiger partial charge in [0.15, 0.2) is 5.16 Å². The number of halogens is 2. The second-order valence-corrected chi connectivity index (χ2v) is 5.85. The number of thioether (sulfide) groups is 1. The Kier molecular flexibility index (Phi) is 3.97. The van der Waals surface area contributed by atoms with E-state index in [0.29, 0.717) is 23.2 Å². The summed E-state index contributed by atoms with van der Waals surface area (Å²) in [6.07, 6.45) is 2.03. The molecular formula is C13H13F2N5OS. The van der Waals surface area contributed by atoms with Crippen LogP contribution in [0.1, 0.15) is 18.9 Å². The van der Waals surface area contributed by atoms with Gasteiger partial charge < -0.3 is 11.1 Å². The summed E-state index contributed by atoms with van der Waals surface area (Å²) in [5.74, 6) is -1.57. The molecule has 22 heavy (non-hydrogen) atoms. The topological polar surface area (TPSA) is 85.8 Å². The molecule has 3 rings (SSSR count). The van der Waals surface area contributed by atoms with Gasteiger partial charge in [-0.15, -0.1) is 10.2 Å². The SMILES string of the molecule is Nc1nnc(SCC(=O)Nc2ccc(F)cc2F)n1C1CC1. The zero-order chi connectivity index (χ0) is 15.7. The summed E-state index contributed by atoms with van der Waals surface area (Å²) in [5.41, 5.74) is 5.68. The van der Waals surface area contributed by atoms with Gasteiger partial charge in [0, 0.05) is 12.1 Å². The van der Waals surface area contributed by atoms with Crippen molar-refractivity contribution >= 4 is 29.3 Å². The molecule has 1 aromatic carbocycles. The van der Waals surface area contributed by atoms with Gasteiger partial charge in [-0.1, -0.05) is 11.8 Å². The molecule has 6 nitrogen and oxygen atoms in total. The highest BCUT2D eigenvalue weighted by atomic mass is 32.2. The van der Waals surface area contributed by atoms with Crippen LogP contribution < -0.4 is 11.1 Å². The van der Waals surface area contributed by atoms with Crippen LogP contribution in [0.5, 0.6) is 0 Å². The molecule has 116 valence electrons. The van der Waals surface area contributed by atoms with Crippen LogP contribution in [-0.2, 0) is 4.79 Å². The van der Waals surface area contributed by atoms with E-state index in [4.69, 9.17) is 5.73 Å². The number of nitrogens with one attached hydrogen (secondary N) is 1. The fourth-order valence-corrected chi connectivity index (χ4v) is 2.78. The van der Waals surface area contributed by atoms with Gasteiger partial charge in [0.25, 0.3) is 0 Å². The molecule has 1 aromatic heterocycles. The second-order valence-electron chi connectivity index (χ2n) is 4.90. The lowest BCUT2D eigenvalue weighted by atomic mass is 10.3. The minimum absolute atomic E-state index is 0.0294. The Morgan fingerprint density at radius 3 is 2.86 bits per heavy atom. The lowest BCUT2D eigenvalue weighted by Gasteiger charge is -2.07. The molecule has 9 heteroatoms. The minimum atomic E-state index is -0.816. The van der Waals surface area contributed by atoms with Gasteiger partial charge in [0.05, 0.1) is 11.4 Å². The smallest absolute Gasteiger partial charge is 0.234 e. The van der Waals surface area contributed by atoms with Crippen molar-refractivity contribution in [3.05, 3.63) is 29.8 Å². The molecule has 2 aromatic rings. The fourth-order valence-electron chi connectivity index (χ4n) is 1.97. The molecule has 0 spiro atoms. The van der Waals surface area contributed by atoms with Gasteiger partial charge in [-0.2, -0.15) is 0 Å². The molecule has 0 bridgehead atoms. The molecule has 1 aliphatic rings. The van der Waals surface area contributed by atoms with E-state index in [0.717, 1.165) is 18.9 Å². The molecule has 0 radical (unpaired) electrons. The van der Waals surface area contributed by atoms with E-state index in [1.54, 1.807) is 4.57 Å². The molecular weight excluding hydrogens is 312 g/mol. The summed E-state index contributed by atoms with van der Waals surface area (Å²) >= 11 is 1.17. The van der Waals surface area contributed by atoms with Gasteiger partial charge in [0.1, 0.15) is 11.6 Å². The van der Waals surface area contributed by atoms with E-state index in [2.05, 4.69) is 15.5 Å². The number of nitrogens with two attached hydrogens (primary N) is 1. The van der Waals surface area contributed by atoms with Crippen LogP contribution in [0.2, 0.25) is 0 Å². The summed E-state index contributed by atoms with van der Waals surface area (Å²) in [6, 6.07) is 3.27. The second kappa shape index (κ2) is 5.91. The molecule has 0 saturated heterocycles. The number of nitrogen functional groups attached to an aromatic ring is 1. The van der Waals surface area contributed by atoms with Gasteiger partial charge in [-0.25, -0.2) is 8.78 Å². The lowest BCUT2D eigenvalue weighted by Crippen LogP contribution is -2.15. The minimum Gasteiger partial charge on any atom is -0.368 e. The number of aromatic nitrogens is 3. The van der Waals surface area contributed by atoms with E-state index >= 15 is 0 Å². The molecule has 0 atom stereocenters. The van der Waals surface area contributed by atoms with Crippen LogP contribution in [0.25, 0.3) is 0 Å². The Bertz CT molecular complexity index is 716. The number of carbonyl (C=O) groups excluding carboxylic acids is 1. The van der Waals surface area contributed by atoms with Crippen LogP contribution >= 0.6 is 11.8 Å². The third-order valence-electron chi connectivity index (χ3n) is 3.14. The Morgan fingerprint density at radius 2 is 2.18 bits per heavy atom. The van der Waals surface area contributed by atoms with Crippen molar-refractivity contribution in [3.63, 3.8) is 0 Å². The number of anilines is 2. The molecule has 1 aliphatic carbocycles. The maximum Gasteiger partial charge on any atom is 0.234 e. The molecule has 1 saturated carbocycles. The van der Waals surface area contributed by atoms with Crippen LogP contribution in [0.15, 0.2) is 23.4 Å². The monoisotopic (exact) mass is 325 g/mol. The number of benzene rings is 1. The van der Waals surface area contributed by atoms with Crippen molar-refractivity contribution in [1.29, 1.82) is 0 Å². The highest BCUT2D eigenvalue weighted by Crippen LogP contribution is 2.39. The predicted octanol–water partition coefficient (Wildman–Crippen LogP) is 2.20. The first-order valence-corrected chi connectivity index (χ1v) is 7.61. The average Bonchev–Trinajstić information content (AvgIpc) is 3.23. The Morgan fingerprint density at radius 1 is 1.41 bits per heavy atom. The Labute approximate surface area is 129 Å². The molecule has 0 aliphatic heterocycles. The van der Waals surface area contributed by atoms with Gasteiger partial charge in [-0.05, 0) is 25.0 Å². The van der Waals surface area contributed by atoms with Crippen molar-refractivity contribution in [2.45, 2.75) is 24.0 Å². The van der Waals surface area contributed by atoms with E-state index in [9.17, 15) is 13.6 Å². The lowest BCUT2D eigenvalue weighted by molar-refractivity contribution is -0.113.